The molecule has 0 saturated carbocycles. The number of benzene rings is 6. The fraction of sp³-hybridized carbons (Fsp3) is 0.163. The molecule has 2 N–H and O–H groups in total. The monoisotopic (exact) mass is 806 g/mol. The number of hydrogen-bond acceptors (Lipinski definition) is 6. The molecule has 59 heavy (non-hydrogen) atoms. The van der Waals surface area contributed by atoms with Crippen molar-refractivity contribution in [3.8, 4) is 16.9 Å². The lowest BCUT2D eigenvalue weighted by Crippen LogP contribution is -2.37. The minimum absolute atomic E-state index is 0.126. The van der Waals surface area contributed by atoms with Gasteiger partial charge in [0.1, 0.15) is 25.5 Å². The van der Waals surface area contributed by atoms with Crippen LogP contribution in [0.5, 0.6) is 5.75 Å². The Bertz CT molecular complexity index is 2780. The van der Waals surface area contributed by atoms with Crippen molar-refractivity contribution in [2.75, 3.05) is 5.75 Å². The van der Waals surface area contributed by atoms with E-state index in [1.165, 1.54) is 0 Å². The number of aromatic nitrogens is 1. The Kier molecular flexibility index (Phi) is 12.3. The molecule has 0 unspecified atom stereocenters. The molecule has 0 aliphatic carbocycles. The third-order valence-corrected chi connectivity index (χ3v) is 11.0. The molecule has 0 saturated heterocycles. The number of carbonyl (C=O) groups excluding carboxylic acids is 1. The van der Waals surface area contributed by atoms with E-state index in [4.69, 9.17) is 9.47 Å². The average molecular weight is 807 g/mol. The summed E-state index contributed by atoms with van der Waals surface area (Å²) in [6.07, 6.45) is 4.57. The molecule has 1 heterocycles. The molecule has 0 fully saturated rings. The zero-order valence-corrected chi connectivity index (χ0v) is 33.6. The summed E-state index contributed by atoms with van der Waals surface area (Å²) in [7, 11) is -4.16. The van der Waals surface area contributed by atoms with Gasteiger partial charge in [-0.1, -0.05) is 97.1 Å². The fourth-order valence-corrected chi connectivity index (χ4v) is 8.11. The summed E-state index contributed by atoms with van der Waals surface area (Å²) >= 11 is 0. The van der Waals surface area contributed by atoms with E-state index >= 15 is 0 Å². The number of carbonyl (C=O) groups is 2. The number of aryl methyl sites for hydroxylation is 3. The quantitative estimate of drug-likeness (QED) is 0.0262. The first-order valence-corrected chi connectivity index (χ1v) is 20.9. The largest absolute Gasteiger partial charge is 0.489 e. The van der Waals surface area contributed by atoms with Crippen molar-refractivity contribution in [3.63, 3.8) is 0 Å². The van der Waals surface area contributed by atoms with E-state index in [0.717, 1.165) is 44.7 Å². The molecular weight excluding hydrogens is 763 g/mol. The highest BCUT2D eigenvalue weighted by Gasteiger charge is 2.28. The van der Waals surface area contributed by atoms with E-state index < -0.39 is 22.1 Å². The van der Waals surface area contributed by atoms with Gasteiger partial charge < -0.3 is 14.6 Å². The first-order chi connectivity index (χ1) is 28.4. The predicted molar refractivity (Wildman–Crippen MR) is 231 cm³/mol. The molecule has 0 aliphatic heterocycles. The standard InChI is InChI=1S/C49H43NO8S/c1-33-27-39(49(53)58-32-37-15-7-4-8-16-37)28-34(2)45(33)42-29-38(20-19-35-21-23-40(24-22-35)57-31-36-13-5-3-6-14-36)30-44-46(42)47(48(51)52)41-17-9-10-18-43(41)50(44)25-11-12-26-59(54,55)56/h3-10,13-24,27-30H,11-12,25-26,31-32H2,1-2H3,(H-,51,52,54,55,56)/p+1. The van der Waals surface area contributed by atoms with Crippen LogP contribution in [0.25, 0.3) is 45.1 Å². The Morgan fingerprint density at radius 2 is 1.31 bits per heavy atom. The minimum atomic E-state index is -4.16. The number of pyridine rings is 1. The van der Waals surface area contributed by atoms with Crippen molar-refractivity contribution in [2.24, 2.45) is 0 Å². The maximum atomic E-state index is 13.4. The summed E-state index contributed by atoms with van der Waals surface area (Å²) in [5.41, 5.74) is 8.45. The molecule has 0 radical (unpaired) electrons. The Morgan fingerprint density at radius 3 is 1.95 bits per heavy atom. The summed E-state index contributed by atoms with van der Waals surface area (Å²) in [5.74, 6) is -1.21. The van der Waals surface area contributed by atoms with Crippen LogP contribution in [0.3, 0.4) is 0 Å². The van der Waals surface area contributed by atoms with E-state index in [-0.39, 0.29) is 24.3 Å². The third kappa shape index (κ3) is 9.75. The number of fused-ring (bicyclic) bond motifs is 2. The molecule has 0 amide bonds. The predicted octanol–water partition coefficient (Wildman–Crippen LogP) is 10.0. The molecule has 6 aromatic carbocycles. The molecule has 9 nitrogen and oxygen atoms in total. The summed E-state index contributed by atoms with van der Waals surface area (Å²) in [6, 6.07) is 41.9. The van der Waals surface area contributed by atoms with Gasteiger partial charge in [0.25, 0.3) is 10.1 Å². The van der Waals surface area contributed by atoms with Gasteiger partial charge in [-0.25, -0.2) is 9.59 Å². The highest BCUT2D eigenvalue weighted by molar-refractivity contribution is 7.85. The topological polar surface area (TPSA) is 131 Å². The van der Waals surface area contributed by atoms with Gasteiger partial charge in [0.05, 0.1) is 27.7 Å². The number of para-hydroxylation sites is 1. The first kappa shape index (κ1) is 40.6. The van der Waals surface area contributed by atoms with Gasteiger partial charge in [-0.3, -0.25) is 4.55 Å². The van der Waals surface area contributed by atoms with Crippen LogP contribution in [0, 0.1) is 13.8 Å². The highest BCUT2D eigenvalue weighted by Crippen LogP contribution is 2.39. The number of rotatable bonds is 15. The number of hydrogen-bond donors (Lipinski definition) is 2. The molecule has 0 atom stereocenters. The lowest BCUT2D eigenvalue weighted by molar-refractivity contribution is -0.645. The molecule has 7 rings (SSSR count). The van der Waals surface area contributed by atoms with Crippen molar-refractivity contribution < 1.29 is 41.7 Å². The number of esters is 1. The van der Waals surface area contributed by atoms with Gasteiger partial charge in [-0.15, -0.1) is 0 Å². The molecule has 298 valence electrons. The lowest BCUT2D eigenvalue weighted by Gasteiger charge is -2.18. The Balaban J connectivity index is 1.34. The smallest absolute Gasteiger partial charge is 0.338 e. The summed E-state index contributed by atoms with van der Waals surface area (Å²) in [4.78, 5) is 26.7. The summed E-state index contributed by atoms with van der Waals surface area (Å²) in [6.45, 7) is 4.73. The number of ether oxygens (including phenoxy) is 2. The van der Waals surface area contributed by atoms with Gasteiger partial charge >= 0.3 is 11.9 Å². The highest BCUT2D eigenvalue weighted by atomic mass is 32.2. The van der Waals surface area contributed by atoms with Crippen molar-refractivity contribution in [1.82, 2.24) is 0 Å². The molecule has 10 heteroatoms. The van der Waals surface area contributed by atoms with Crippen molar-refractivity contribution in [2.45, 2.75) is 46.4 Å². The zero-order chi connectivity index (χ0) is 41.5. The number of nitrogens with zero attached hydrogens (tertiary/aromatic N) is 1. The van der Waals surface area contributed by atoms with Gasteiger partial charge in [0.2, 0.25) is 11.0 Å². The maximum absolute atomic E-state index is 13.4. The third-order valence-electron chi connectivity index (χ3n) is 10.2. The Labute approximate surface area is 343 Å². The SMILES string of the molecule is Cc1cc(C(=O)OCc2ccccc2)cc(C)c1-c1cc(C=Cc2ccc(OCc3ccccc3)cc2)cc2c1c(C(=O)O)c1ccccc1[n+]2CCCCS(=O)(=O)O. The average Bonchev–Trinajstić information content (AvgIpc) is 3.22. The second-order valence-electron chi connectivity index (χ2n) is 14.5. The number of carboxylic acid groups (broad SMARTS) is 1. The van der Waals surface area contributed by atoms with E-state index in [2.05, 4.69) is 0 Å². The normalized spacial score (nSPS) is 11.6. The second kappa shape index (κ2) is 17.9. The van der Waals surface area contributed by atoms with E-state index in [0.29, 0.717) is 52.5 Å². The van der Waals surface area contributed by atoms with E-state index in [1.807, 2.05) is 140 Å². The van der Waals surface area contributed by atoms with E-state index in [1.54, 1.807) is 24.3 Å². The van der Waals surface area contributed by atoms with Crippen molar-refractivity contribution in [1.29, 1.82) is 0 Å². The molecule has 0 aliphatic rings. The first-order valence-electron chi connectivity index (χ1n) is 19.3. The fourth-order valence-electron chi connectivity index (χ4n) is 7.54. The van der Waals surface area contributed by atoms with Crippen molar-refractivity contribution in [3.05, 3.63) is 178 Å². The van der Waals surface area contributed by atoms with Crippen LogP contribution in [0.1, 0.15) is 66.9 Å². The lowest BCUT2D eigenvalue weighted by atomic mass is 9.87. The van der Waals surface area contributed by atoms with Crippen LogP contribution in [0.15, 0.2) is 133 Å². The van der Waals surface area contributed by atoms with Crippen LogP contribution >= 0.6 is 0 Å². The number of aromatic carboxylic acids is 1. The molecule has 0 bridgehead atoms. The number of unbranched alkanes of at least 4 members (excludes halogenated alkanes) is 1. The van der Waals surface area contributed by atoms with Gasteiger partial charge in [-0.2, -0.15) is 13.0 Å². The maximum Gasteiger partial charge on any atom is 0.338 e. The van der Waals surface area contributed by atoms with Gasteiger partial charge in [-0.05, 0) is 101 Å². The van der Waals surface area contributed by atoms with Crippen LogP contribution in [-0.2, 0) is 34.6 Å². The van der Waals surface area contributed by atoms with Crippen LogP contribution in [-0.4, -0.2) is 35.8 Å². The second-order valence-corrected chi connectivity index (χ2v) is 16.1. The minimum Gasteiger partial charge on any atom is -0.489 e. The molecular formula is C49H44NO8S+. The molecule has 7 aromatic rings. The number of carboxylic acids is 1. The Hall–Kier alpha value is -6.62. The van der Waals surface area contributed by atoms with E-state index in [9.17, 15) is 27.7 Å². The summed E-state index contributed by atoms with van der Waals surface area (Å²) < 4.78 is 46.3. The van der Waals surface area contributed by atoms with Crippen LogP contribution in [0.4, 0.5) is 0 Å². The molecule has 1 aromatic heterocycles. The van der Waals surface area contributed by atoms with Crippen molar-refractivity contribution >= 4 is 56.0 Å². The Morgan fingerprint density at radius 1 is 0.695 bits per heavy atom. The summed E-state index contributed by atoms with van der Waals surface area (Å²) in [5, 5.41) is 11.9. The van der Waals surface area contributed by atoms with Crippen LogP contribution in [0.2, 0.25) is 0 Å². The van der Waals surface area contributed by atoms with Gasteiger partial charge in [0, 0.05) is 18.6 Å². The zero-order valence-electron chi connectivity index (χ0n) is 32.8. The van der Waals surface area contributed by atoms with Crippen LogP contribution < -0.4 is 9.30 Å². The van der Waals surface area contributed by atoms with Gasteiger partial charge in [0.15, 0.2) is 0 Å². The molecule has 0 spiro atoms.